The quantitative estimate of drug-likeness (QED) is 0.392. The van der Waals surface area contributed by atoms with Gasteiger partial charge in [-0.25, -0.2) is 0 Å². The molecule has 0 heterocycles. The van der Waals surface area contributed by atoms with Gasteiger partial charge in [0.05, 0.1) is 6.61 Å². The summed E-state index contributed by atoms with van der Waals surface area (Å²) in [6.45, 7) is 2.70. The number of aliphatic hydroxyl groups excluding tert-OH is 1. The van der Waals surface area contributed by atoms with E-state index in [1.807, 2.05) is 0 Å². The van der Waals surface area contributed by atoms with Crippen LogP contribution in [-0.2, 0) is 28.6 Å². The summed E-state index contributed by atoms with van der Waals surface area (Å²) in [5.41, 5.74) is 0. The molecule has 0 radical (unpaired) electrons. The maximum absolute atomic E-state index is 11.0. The van der Waals surface area contributed by atoms with Crippen molar-refractivity contribution in [3.63, 3.8) is 0 Å². The Morgan fingerprint density at radius 3 is 1.84 bits per heavy atom. The summed E-state index contributed by atoms with van der Waals surface area (Å²) < 4.78 is 14.4. The van der Waals surface area contributed by atoms with Crippen molar-refractivity contribution in [1.82, 2.24) is 0 Å². The number of terminal acetylenes is 1. The van der Waals surface area contributed by atoms with E-state index in [0.29, 0.717) is 0 Å². The molecule has 1 N–H and O–H groups in total. The molecule has 7 nitrogen and oxygen atoms in total. The molecule has 0 spiro atoms. The average molecular weight is 272 g/mol. The molecule has 0 aromatic rings. The van der Waals surface area contributed by atoms with Gasteiger partial charge in [-0.15, -0.1) is 6.42 Å². The summed E-state index contributed by atoms with van der Waals surface area (Å²) in [6, 6.07) is 0. The Morgan fingerprint density at radius 2 is 1.53 bits per heavy atom. The van der Waals surface area contributed by atoms with Crippen molar-refractivity contribution < 1.29 is 33.7 Å². The molecule has 0 bridgehead atoms. The van der Waals surface area contributed by atoms with E-state index in [2.05, 4.69) is 5.92 Å². The van der Waals surface area contributed by atoms with E-state index < -0.39 is 42.8 Å². The van der Waals surface area contributed by atoms with Crippen LogP contribution in [0.15, 0.2) is 0 Å². The second kappa shape index (κ2) is 8.11. The molecular formula is C12H16O7. The summed E-state index contributed by atoms with van der Waals surface area (Å²) in [4.78, 5) is 32.8. The smallest absolute Gasteiger partial charge is 0.304 e. The Hall–Kier alpha value is -2.07. The minimum atomic E-state index is -1.28. The van der Waals surface area contributed by atoms with Crippen LogP contribution in [0.5, 0.6) is 0 Å². The lowest BCUT2D eigenvalue weighted by atomic mass is 10.1. The summed E-state index contributed by atoms with van der Waals surface area (Å²) in [6.07, 6.45) is 1.42. The first-order chi connectivity index (χ1) is 8.81. The SMILES string of the molecule is C#C[C@H](OC(C)=O)[C@H](OC(C)=O)[C@H](CO)OC(C)=O. The average Bonchev–Trinajstić information content (AvgIpc) is 2.29. The molecule has 0 aliphatic rings. The van der Waals surface area contributed by atoms with Gasteiger partial charge in [-0.3, -0.25) is 14.4 Å². The molecule has 0 amide bonds. The number of rotatable bonds is 6. The molecule has 0 fully saturated rings. The summed E-state index contributed by atoms with van der Waals surface area (Å²) in [5.74, 6) is -0.00930. The lowest BCUT2D eigenvalue weighted by Crippen LogP contribution is -2.46. The first kappa shape index (κ1) is 16.9. The molecule has 106 valence electrons. The van der Waals surface area contributed by atoms with E-state index in [4.69, 9.17) is 25.7 Å². The molecule has 0 aromatic carbocycles. The molecule has 0 saturated heterocycles. The van der Waals surface area contributed by atoms with Gasteiger partial charge in [0.1, 0.15) is 0 Å². The molecule has 0 aliphatic carbocycles. The maximum atomic E-state index is 11.0. The zero-order valence-electron chi connectivity index (χ0n) is 10.9. The highest BCUT2D eigenvalue weighted by molar-refractivity contribution is 5.68. The Bertz CT molecular complexity index is 382. The molecule has 19 heavy (non-hydrogen) atoms. The predicted octanol–water partition coefficient (Wildman–Crippen LogP) is -0.593. The molecule has 0 rings (SSSR count). The highest BCUT2D eigenvalue weighted by atomic mass is 16.6. The van der Waals surface area contributed by atoms with Gasteiger partial charge in [0.2, 0.25) is 6.10 Å². The van der Waals surface area contributed by atoms with Crippen LogP contribution in [0, 0.1) is 12.3 Å². The zero-order chi connectivity index (χ0) is 15.0. The van der Waals surface area contributed by atoms with Gasteiger partial charge >= 0.3 is 17.9 Å². The third-order valence-electron chi connectivity index (χ3n) is 1.92. The van der Waals surface area contributed by atoms with Crippen LogP contribution in [0.1, 0.15) is 20.8 Å². The lowest BCUT2D eigenvalue weighted by molar-refractivity contribution is -0.181. The van der Waals surface area contributed by atoms with Gasteiger partial charge in [0.25, 0.3) is 0 Å². The van der Waals surface area contributed by atoms with E-state index in [1.165, 1.54) is 0 Å². The van der Waals surface area contributed by atoms with E-state index in [9.17, 15) is 14.4 Å². The fourth-order valence-electron chi connectivity index (χ4n) is 1.32. The molecule has 0 saturated carbocycles. The van der Waals surface area contributed by atoms with E-state index in [1.54, 1.807) is 0 Å². The minimum absolute atomic E-state index is 0.642. The number of esters is 3. The van der Waals surface area contributed by atoms with E-state index in [0.717, 1.165) is 20.8 Å². The normalized spacial score (nSPS) is 14.5. The highest BCUT2D eigenvalue weighted by Crippen LogP contribution is 2.13. The first-order valence-corrected chi connectivity index (χ1v) is 5.40. The van der Waals surface area contributed by atoms with Crippen LogP contribution in [0.3, 0.4) is 0 Å². The van der Waals surface area contributed by atoms with E-state index in [-0.39, 0.29) is 0 Å². The second-order valence-corrected chi connectivity index (χ2v) is 3.60. The highest BCUT2D eigenvalue weighted by Gasteiger charge is 2.35. The number of carbonyl (C=O) groups excluding carboxylic acids is 3. The van der Waals surface area contributed by atoms with Crippen LogP contribution in [-0.4, -0.2) is 47.9 Å². The minimum Gasteiger partial charge on any atom is -0.456 e. The predicted molar refractivity (Wildman–Crippen MR) is 62.6 cm³/mol. The van der Waals surface area contributed by atoms with E-state index >= 15 is 0 Å². The Balaban J connectivity index is 5.13. The molecule has 3 atom stereocenters. The third kappa shape index (κ3) is 6.43. The third-order valence-corrected chi connectivity index (χ3v) is 1.92. The molecule has 0 unspecified atom stereocenters. The Labute approximate surface area is 110 Å². The fourth-order valence-corrected chi connectivity index (χ4v) is 1.32. The van der Waals surface area contributed by atoms with Gasteiger partial charge < -0.3 is 19.3 Å². The first-order valence-electron chi connectivity index (χ1n) is 5.40. The number of aliphatic hydroxyl groups is 1. The number of hydrogen-bond donors (Lipinski definition) is 1. The summed E-state index contributed by atoms with van der Waals surface area (Å²) >= 11 is 0. The van der Waals surface area contributed by atoms with Crippen molar-refractivity contribution in [2.45, 2.75) is 39.1 Å². The topological polar surface area (TPSA) is 99.1 Å². The zero-order valence-corrected chi connectivity index (χ0v) is 10.9. The monoisotopic (exact) mass is 272 g/mol. The van der Waals surface area contributed by atoms with Gasteiger partial charge in [0, 0.05) is 20.8 Å². The molecular weight excluding hydrogens is 256 g/mol. The van der Waals surface area contributed by atoms with Gasteiger partial charge in [-0.1, -0.05) is 5.92 Å². The molecule has 0 aliphatic heterocycles. The van der Waals surface area contributed by atoms with Crippen molar-refractivity contribution in [2.24, 2.45) is 0 Å². The maximum Gasteiger partial charge on any atom is 0.304 e. The van der Waals surface area contributed by atoms with Crippen molar-refractivity contribution in [3.05, 3.63) is 0 Å². The van der Waals surface area contributed by atoms with Crippen molar-refractivity contribution in [3.8, 4) is 12.3 Å². The van der Waals surface area contributed by atoms with Crippen LogP contribution < -0.4 is 0 Å². The second-order valence-electron chi connectivity index (χ2n) is 3.60. The lowest BCUT2D eigenvalue weighted by Gasteiger charge is -2.28. The van der Waals surface area contributed by atoms with Crippen molar-refractivity contribution in [1.29, 1.82) is 0 Å². The standard InChI is InChI=1S/C12H16O7/c1-5-10(17-7(2)14)12(19-9(4)16)11(6-13)18-8(3)15/h1,10-13H,6H2,2-4H3/t10-,11-,12-/m0/s1. The van der Waals surface area contributed by atoms with Crippen LogP contribution >= 0.6 is 0 Å². The van der Waals surface area contributed by atoms with Crippen LogP contribution in [0.25, 0.3) is 0 Å². The van der Waals surface area contributed by atoms with Gasteiger partial charge in [-0.05, 0) is 0 Å². The summed E-state index contributed by atoms with van der Waals surface area (Å²) in [7, 11) is 0. The fraction of sp³-hybridized carbons (Fsp3) is 0.583. The van der Waals surface area contributed by atoms with Gasteiger partial charge in [0.15, 0.2) is 12.2 Å². The summed E-state index contributed by atoms with van der Waals surface area (Å²) in [5, 5.41) is 9.16. The van der Waals surface area contributed by atoms with Crippen LogP contribution in [0.4, 0.5) is 0 Å². The number of hydrogen-bond acceptors (Lipinski definition) is 7. The van der Waals surface area contributed by atoms with Gasteiger partial charge in [-0.2, -0.15) is 0 Å². The molecule has 7 heteroatoms. The van der Waals surface area contributed by atoms with Crippen molar-refractivity contribution in [2.75, 3.05) is 6.61 Å². The van der Waals surface area contributed by atoms with Crippen LogP contribution in [0.2, 0.25) is 0 Å². The Morgan fingerprint density at radius 1 is 1.05 bits per heavy atom. The molecule has 0 aromatic heterocycles. The number of carbonyl (C=O) groups is 3. The largest absolute Gasteiger partial charge is 0.456 e. The van der Waals surface area contributed by atoms with Crippen molar-refractivity contribution >= 4 is 17.9 Å². The number of ether oxygens (including phenoxy) is 3. The Kier molecular flexibility index (Phi) is 7.22.